The number of thiazole rings is 1. The van der Waals surface area contributed by atoms with E-state index in [4.69, 9.17) is 4.74 Å². The van der Waals surface area contributed by atoms with E-state index in [1.165, 1.54) is 0 Å². The van der Waals surface area contributed by atoms with Crippen LogP contribution in [0.15, 0.2) is 17.5 Å². The second kappa shape index (κ2) is 6.98. The van der Waals surface area contributed by atoms with Crippen molar-refractivity contribution in [1.82, 2.24) is 4.98 Å². The van der Waals surface area contributed by atoms with Crippen molar-refractivity contribution in [2.45, 2.75) is 46.8 Å². The molecule has 6 heteroatoms. The second-order valence-electron chi connectivity index (χ2n) is 5.59. The predicted molar refractivity (Wildman–Crippen MR) is 87.4 cm³/mol. The van der Waals surface area contributed by atoms with Crippen LogP contribution in [0.5, 0.6) is 0 Å². The lowest BCUT2D eigenvalue weighted by Gasteiger charge is -2.06. The van der Waals surface area contributed by atoms with E-state index in [9.17, 15) is 10.1 Å². The van der Waals surface area contributed by atoms with Crippen LogP contribution in [0.4, 0.5) is 5.69 Å². The van der Waals surface area contributed by atoms with Gasteiger partial charge in [-0.15, -0.1) is 11.3 Å². The molecule has 1 heterocycles. The number of hydrogen-bond donors (Lipinski definition) is 0. The highest BCUT2D eigenvalue weighted by atomic mass is 32.1. The van der Waals surface area contributed by atoms with Gasteiger partial charge in [0.05, 0.1) is 28.3 Å². The number of nitro groups is 1. The average Bonchev–Trinajstić information content (AvgIpc) is 2.87. The van der Waals surface area contributed by atoms with Gasteiger partial charge in [0, 0.05) is 23.4 Å². The monoisotopic (exact) mass is 320 g/mol. The van der Waals surface area contributed by atoms with Gasteiger partial charge >= 0.3 is 0 Å². The highest BCUT2D eigenvalue weighted by molar-refractivity contribution is 7.09. The van der Waals surface area contributed by atoms with Crippen molar-refractivity contribution < 1.29 is 9.66 Å². The van der Waals surface area contributed by atoms with E-state index in [1.807, 2.05) is 32.2 Å². The van der Waals surface area contributed by atoms with Gasteiger partial charge in [-0.25, -0.2) is 4.98 Å². The minimum absolute atomic E-state index is 0.173. The predicted octanol–water partition coefficient (Wildman–Crippen LogP) is 4.18. The molecule has 0 spiro atoms. The second-order valence-corrected chi connectivity index (χ2v) is 6.53. The van der Waals surface area contributed by atoms with Crippen LogP contribution in [0.1, 0.15) is 41.2 Å². The molecule has 0 bridgehead atoms. The summed E-state index contributed by atoms with van der Waals surface area (Å²) in [7, 11) is 0. The largest absolute Gasteiger partial charge is 0.372 e. The third-order valence-electron chi connectivity index (χ3n) is 3.36. The molecule has 0 atom stereocenters. The Hall–Kier alpha value is -1.79. The summed E-state index contributed by atoms with van der Waals surface area (Å²) < 4.78 is 5.55. The zero-order valence-electron chi connectivity index (χ0n) is 13.3. The molecule has 5 nitrogen and oxygen atoms in total. The molecule has 0 N–H and O–H groups in total. The minimum Gasteiger partial charge on any atom is -0.372 e. The van der Waals surface area contributed by atoms with Gasteiger partial charge in [-0.1, -0.05) is 0 Å². The van der Waals surface area contributed by atoms with E-state index in [1.54, 1.807) is 24.3 Å². The number of benzene rings is 1. The van der Waals surface area contributed by atoms with Crippen molar-refractivity contribution in [2.24, 2.45) is 0 Å². The lowest BCUT2D eigenvalue weighted by atomic mass is 10.0. The van der Waals surface area contributed by atoms with Gasteiger partial charge in [0.1, 0.15) is 0 Å². The van der Waals surface area contributed by atoms with E-state index in [-0.39, 0.29) is 16.7 Å². The summed E-state index contributed by atoms with van der Waals surface area (Å²) in [5.41, 5.74) is 3.79. The smallest absolute Gasteiger partial charge is 0.272 e. The Bertz CT molecular complexity index is 680. The van der Waals surface area contributed by atoms with Crippen LogP contribution in [-0.4, -0.2) is 16.0 Å². The number of rotatable bonds is 6. The molecule has 0 aliphatic heterocycles. The van der Waals surface area contributed by atoms with Crippen LogP contribution in [0.3, 0.4) is 0 Å². The molecule has 22 heavy (non-hydrogen) atoms. The van der Waals surface area contributed by atoms with Crippen molar-refractivity contribution in [2.75, 3.05) is 0 Å². The fourth-order valence-corrected chi connectivity index (χ4v) is 2.96. The topological polar surface area (TPSA) is 65.3 Å². The van der Waals surface area contributed by atoms with Crippen LogP contribution >= 0.6 is 11.3 Å². The van der Waals surface area contributed by atoms with E-state index in [2.05, 4.69) is 4.98 Å². The number of aromatic nitrogens is 1. The fraction of sp³-hybridized carbons (Fsp3) is 0.438. The SMILES string of the molecule is Cc1cc([N+](=O)[O-])c(C)cc1Cc1nc(COC(C)C)cs1. The first-order valence-electron chi connectivity index (χ1n) is 7.16. The van der Waals surface area contributed by atoms with Crippen LogP contribution < -0.4 is 0 Å². The van der Waals surface area contributed by atoms with E-state index in [0.29, 0.717) is 18.6 Å². The number of ether oxygens (including phenoxy) is 1. The lowest BCUT2D eigenvalue weighted by molar-refractivity contribution is -0.385. The first kappa shape index (κ1) is 16.6. The molecule has 0 radical (unpaired) electrons. The minimum atomic E-state index is -0.336. The van der Waals surface area contributed by atoms with Crippen molar-refractivity contribution in [3.63, 3.8) is 0 Å². The van der Waals surface area contributed by atoms with Gasteiger partial charge in [-0.2, -0.15) is 0 Å². The third-order valence-corrected chi connectivity index (χ3v) is 4.25. The highest BCUT2D eigenvalue weighted by Crippen LogP contribution is 2.25. The Morgan fingerprint density at radius 3 is 2.68 bits per heavy atom. The van der Waals surface area contributed by atoms with Crippen molar-refractivity contribution in [1.29, 1.82) is 0 Å². The Morgan fingerprint density at radius 2 is 2.05 bits per heavy atom. The Kier molecular flexibility index (Phi) is 5.26. The summed E-state index contributed by atoms with van der Waals surface area (Å²) in [5.74, 6) is 0. The Labute approximate surface area is 134 Å². The summed E-state index contributed by atoms with van der Waals surface area (Å²) >= 11 is 1.60. The maximum Gasteiger partial charge on any atom is 0.272 e. The highest BCUT2D eigenvalue weighted by Gasteiger charge is 2.14. The zero-order chi connectivity index (χ0) is 16.3. The summed E-state index contributed by atoms with van der Waals surface area (Å²) in [6.07, 6.45) is 0.876. The molecular weight excluding hydrogens is 300 g/mol. The summed E-state index contributed by atoms with van der Waals surface area (Å²) in [5, 5.41) is 14.0. The average molecular weight is 320 g/mol. The molecule has 1 aromatic carbocycles. The maximum absolute atomic E-state index is 11.0. The van der Waals surface area contributed by atoms with Gasteiger partial charge in [-0.3, -0.25) is 10.1 Å². The molecule has 118 valence electrons. The molecular formula is C16H20N2O3S. The summed E-state index contributed by atoms with van der Waals surface area (Å²) in [4.78, 5) is 15.2. The molecule has 2 aromatic rings. The molecule has 0 fully saturated rings. The van der Waals surface area contributed by atoms with Crippen molar-refractivity contribution in [3.05, 3.63) is 55.0 Å². The first-order chi connectivity index (χ1) is 10.4. The lowest BCUT2D eigenvalue weighted by Crippen LogP contribution is -2.02. The molecule has 0 saturated carbocycles. The number of nitro benzene ring substituents is 1. The van der Waals surface area contributed by atoms with Crippen LogP contribution in [0, 0.1) is 24.0 Å². The standard InChI is InChI=1S/C16H20N2O3S/c1-10(2)21-8-14-9-22-16(17-14)7-13-5-12(4)15(18(19)20)6-11(13)3/h5-6,9-10H,7-8H2,1-4H3. The van der Waals surface area contributed by atoms with E-state index >= 15 is 0 Å². The van der Waals surface area contributed by atoms with Gasteiger partial charge in [0.25, 0.3) is 5.69 Å². The Morgan fingerprint density at radius 1 is 1.32 bits per heavy atom. The molecule has 0 amide bonds. The van der Waals surface area contributed by atoms with Crippen molar-refractivity contribution in [3.8, 4) is 0 Å². The number of nitrogens with zero attached hydrogens (tertiary/aromatic N) is 2. The molecule has 1 aromatic heterocycles. The molecule has 0 saturated heterocycles. The first-order valence-corrected chi connectivity index (χ1v) is 8.04. The Balaban J connectivity index is 2.14. The number of hydrogen-bond acceptors (Lipinski definition) is 5. The van der Waals surface area contributed by atoms with Gasteiger partial charge in [0.15, 0.2) is 0 Å². The van der Waals surface area contributed by atoms with Crippen molar-refractivity contribution >= 4 is 17.0 Å². The van der Waals surface area contributed by atoms with Gasteiger partial charge < -0.3 is 4.74 Å². The molecule has 0 aliphatic carbocycles. The zero-order valence-corrected chi connectivity index (χ0v) is 14.1. The van der Waals surface area contributed by atoms with E-state index < -0.39 is 0 Å². The van der Waals surface area contributed by atoms with E-state index in [0.717, 1.165) is 21.8 Å². The van der Waals surface area contributed by atoms with Crippen LogP contribution in [0.25, 0.3) is 0 Å². The third kappa shape index (κ3) is 4.11. The fourth-order valence-electron chi connectivity index (χ4n) is 2.16. The summed E-state index contributed by atoms with van der Waals surface area (Å²) in [6.45, 7) is 8.18. The number of aryl methyl sites for hydroxylation is 2. The normalized spacial score (nSPS) is 11.1. The van der Waals surface area contributed by atoms with Crippen LogP contribution in [0.2, 0.25) is 0 Å². The van der Waals surface area contributed by atoms with Gasteiger partial charge in [0.2, 0.25) is 0 Å². The summed E-state index contributed by atoms with van der Waals surface area (Å²) in [6, 6.07) is 3.53. The molecule has 0 unspecified atom stereocenters. The van der Waals surface area contributed by atoms with Gasteiger partial charge in [-0.05, 0) is 44.9 Å². The maximum atomic E-state index is 11.0. The molecule has 0 aliphatic rings. The molecule has 2 rings (SSSR count). The quantitative estimate of drug-likeness (QED) is 0.591. The van der Waals surface area contributed by atoms with Crippen LogP contribution in [-0.2, 0) is 17.8 Å².